The minimum atomic E-state index is 0.191. The van der Waals surface area contributed by atoms with Gasteiger partial charge in [0.25, 0.3) is 0 Å². The van der Waals surface area contributed by atoms with E-state index in [1.54, 1.807) is 11.9 Å². The van der Waals surface area contributed by atoms with Crippen molar-refractivity contribution in [3.63, 3.8) is 0 Å². The molecule has 1 rings (SSSR count). The zero-order chi connectivity index (χ0) is 10.6. The summed E-state index contributed by atoms with van der Waals surface area (Å²) in [7, 11) is 0. The van der Waals surface area contributed by atoms with Gasteiger partial charge in [-0.1, -0.05) is 30.3 Å². The van der Waals surface area contributed by atoms with Crippen molar-refractivity contribution in [1.82, 2.24) is 0 Å². The Morgan fingerprint density at radius 3 is 2.21 bits per heavy atom. The van der Waals surface area contributed by atoms with Gasteiger partial charge < -0.3 is 0 Å². The average molecular weight is 207 g/mol. The van der Waals surface area contributed by atoms with E-state index in [9.17, 15) is 0 Å². The summed E-state index contributed by atoms with van der Waals surface area (Å²) in [5, 5.41) is 0. The Kier molecular flexibility index (Phi) is 3.76. The molecule has 0 saturated heterocycles. The Morgan fingerprint density at radius 2 is 1.71 bits per heavy atom. The maximum atomic E-state index is 4.50. The van der Waals surface area contributed by atoms with Crippen LogP contribution >= 0.6 is 11.9 Å². The van der Waals surface area contributed by atoms with Crippen LogP contribution in [0.1, 0.15) is 33.3 Å². The fourth-order valence-electron chi connectivity index (χ4n) is 0.937. The summed E-state index contributed by atoms with van der Waals surface area (Å²) in [6, 6.07) is 10.3. The van der Waals surface area contributed by atoms with Gasteiger partial charge in [0.1, 0.15) is 0 Å². The first-order valence-corrected chi connectivity index (χ1v) is 5.54. The third-order valence-corrected chi connectivity index (χ3v) is 2.56. The second kappa shape index (κ2) is 4.65. The molecule has 0 heterocycles. The smallest absolute Gasteiger partial charge is 0.0528 e. The highest BCUT2D eigenvalue weighted by molar-refractivity contribution is 7.99. The Hall–Kier alpha value is -0.760. The molecule has 0 aliphatic carbocycles. The minimum Gasteiger partial charge on any atom is -0.220 e. The predicted molar refractivity (Wildman–Crippen MR) is 66.0 cm³/mol. The summed E-state index contributed by atoms with van der Waals surface area (Å²) in [5.41, 5.74) is 2.29. The molecule has 0 bridgehead atoms. The molecule has 0 aliphatic heterocycles. The molecule has 0 saturated carbocycles. The fourth-order valence-corrected chi connectivity index (χ4v) is 1.45. The number of rotatable bonds is 2. The van der Waals surface area contributed by atoms with Gasteiger partial charge >= 0.3 is 0 Å². The van der Waals surface area contributed by atoms with Crippen LogP contribution in [0.4, 0.5) is 0 Å². The molecule has 0 atom stereocenters. The maximum absolute atomic E-state index is 4.50. The first-order valence-electron chi connectivity index (χ1n) is 4.77. The van der Waals surface area contributed by atoms with Crippen LogP contribution in [0.2, 0.25) is 0 Å². The largest absolute Gasteiger partial charge is 0.220 e. The molecule has 14 heavy (non-hydrogen) atoms. The van der Waals surface area contributed by atoms with Gasteiger partial charge in [-0.15, -0.1) is 0 Å². The van der Waals surface area contributed by atoms with Crippen molar-refractivity contribution in [3.05, 3.63) is 35.9 Å². The van der Waals surface area contributed by atoms with Crippen LogP contribution in [0.5, 0.6) is 0 Å². The standard InChI is InChI=1S/C12H17NS/c1-10(13-14-12(2,3)4)11-8-6-5-7-9-11/h5-9H,1-4H3/b13-10+. The molecule has 1 aromatic rings. The van der Waals surface area contributed by atoms with Crippen molar-refractivity contribution >= 4 is 17.7 Å². The molecule has 1 nitrogen and oxygen atoms in total. The van der Waals surface area contributed by atoms with Gasteiger partial charge in [0.2, 0.25) is 0 Å². The van der Waals surface area contributed by atoms with Gasteiger partial charge in [0.15, 0.2) is 0 Å². The maximum Gasteiger partial charge on any atom is 0.0528 e. The average Bonchev–Trinajstić information content (AvgIpc) is 2.14. The van der Waals surface area contributed by atoms with E-state index in [4.69, 9.17) is 0 Å². The second-order valence-electron chi connectivity index (χ2n) is 4.25. The zero-order valence-corrected chi connectivity index (χ0v) is 10.1. The van der Waals surface area contributed by atoms with Crippen LogP contribution in [-0.2, 0) is 0 Å². The summed E-state index contributed by atoms with van der Waals surface area (Å²) in [4.78, 5) is 0. The fraction of sp³-hybridized carbons (Fsp3) is 0.417. The first kappa shape index (κ1) is 11.3. The summed E-state index contributed by atoms with van der Waals surface area (Å²) >= 11 is 1.62. The first-order chi connectivity index (χ1) is 6.49. The van der Waals surface area contributed by atoms with Gasteiger partial charge in [-0.25, -0.2) is 4.40 Å². The van der Waals surface area contributed by atoms with Crippen molar-refractivity contribution in [2.24, 2.45) is 4.40 Å². The molecule has 0 spiro atoms. The Morgan fingerprint density at radius 1 is 1.14 bits per heavy atom. The normalized spacial score (nSPS) is 13.0. The Balaban J connectivity index is 2.71. The minimum absolute atomic E-state index is 0.191. The molecule has 0 aliphatic rings. The molecule has 0 amide bonds. The van der Waals surface area contributed by atoms with Gasteiger partial charge in [-0.2, -0.15) is 0 Å². The molecule has 76 valence electrons. The van der Waals surface area contributed by atoms with Gasteiger partial charge in [0, 0.05) is 4.75 Å². The summed E-state index contributed by atoms with van der Waals surface area (Å²) < 4.78 is 4.69. The van der Waals surface area contributed by atoms with Crippen LogP contribution < -0.4 is 0 Å². The molecule has 0 unspecified atom stereocenters. The van der Waals surface area contributed by atoms with Crippen LogP contribution in [0.15, 0.2) is 34.7 Å². The van der Waals surface area contributed by atoms with Gasteiger partial charge in [-0.3, -0.25) is 0 Å². The Labute approximate surface area is 90.8 Å². The zero-order valence-electron chi connectivity index (χ0n) is 9.24. The summed E-state index contributed by atoms with van der Waals surface area (Å²) in [6.45, 7) is 8.55. The highest BCUT2D eigenvalue weighted by atomic mass is 32.2. The van der Waals surface area contributed by atoms with Crippen molar-refractivity contribution in [1.29, 1.82) is 0 Å². The van der Waals surface area contributed by atoms with Gasteiger partial charge in [-0.05, 0) is 45.2 Å². The second-order valence-corrected chi connectivity index (χ2v) is 5.84. The van der Waals surface area contributed by atoms with E-state index in [2.05, 4.69) is 37.3 Å². The summed E-state index contributed by atoms with van der Waals surface area (Å²) in [5.74, 6) is 0. The van der Waals surface area contributed by atoms with Crippen LogP contribution in [0.25, 0.3) is 0 Å². The topological polar surface area (TPSA) is 12.4 Å². The van der Waals surface area contributed by atoms with Crippen molar-refractivity contribution in [2.75, 3.05) is 0 Å². The SMILES string of the molecule is C/C(=N\SC(C)(C)C)c1ccccc1. The van der Waals surface area contributed by atoms with Crippen LogP contribution in [0.3, 0.4) is 0 Å². The summed E-state index contributed by atoms with van der Waals surface area (Å²) in [6.07, 6.45) is 0. The monoisotopic (exact) mass is 207 g/mol. The highest BCUT2D eigenvalue weighted by Gasteiger charge is 2.10. The van der Waals surface area contributed by atoms with Crippen LogP contribution in [0, 0.1) is 0 Å². The number of benzene rings is 1. The van der Waals surface area contributed by atoms with Crippen molar-refractivity contribution in [2.45, 2.75) is 32.4 Å². The molecule has 1 aromatic carbocycles. The molecule has 0 N–H and O–H groups in total. The van der Waals surface area contributed by atoms with Gasteiger partial charge in [0.05, 0.1) is 5.71 Å². The van der Waals surface area contributed by atoms with E-state index in [1.807, 2.05) is 25.1 Å². The molecule has 0 fully saturated rings. The lowest BCUT2D eigenvalue weighted by atomic mass is 10.1. The lowest BCUT2D eigenvalue weighted by Gasteiger charge is -2.13. The molecule has 0 aromatic heterocycles. The number of nitrogens with zero attached hydrogens (tertiary/aromatic N) is 1. The van der Waals surface area contributed by atoms with E-state index in [0.717, 1.165) is 5.71 Å². The third-order valence-electron chi connectivity index (χ3n) is 1.65. The van der Waals surface area contributed by atoms with Crippen molar-refractivity contribution in [3.8, 4) is 0 Å². The number of hydrogen-bond donors (Lipinski definition) is 0. The van der Waals surface area contributed by atoms with E-state index < -0.39 is 0 Å². The van der Waals surface area contributed by atoms with Crippen molar-refractivity contribution < 1.29 is 0 Å². The molecule has 2 heteroatoms. The lowest BCUT2D eigenvalue weighted by molar-refractivity contribution is 0.804. The third kappa shape index (κ3) is 3.97. The van der Waals surface area contributed by atoms with E-state index in [-0.39, 0.29) is 4.75 Å². The van der Waals surface area contributed by atoms with Crippen LogP contribution in [-0.4, -0.2) is 10.5 Å². The highest BCUT2D eigenvalue weighted by Crippen LogP contribution is 2.24. The molecule has 0 radical (unpaired) electrons. The molecular weight excluding hydrogens is 190 g/mol. The van der Waals surface area contributed by atoms with E-state index >= 15 is 0 Å². The Bertz CT molecular complexity index is 309. The predicted octanol–water partition coefficient (Wildman–Crippen LogP) is 3.94. The van der Waals surface area contributed by atoms with E-state index in [1.165, 1.54) is 5.56 Å². The lowest BCUT2D eigenvalue weighted by Crippen LogP contribution is -2.06. The van der Waals surface area contributed by atoms with E-state index in [0.29, 0.717) is 0 Å². The quantitative estimate of drug-likeness (QED) is 0.528. The number of hydrogen-bond acceptors (Lipinski definition) is 2. The molecular formula is C12H17NS.